The summed E-state index contributed by atoms with van der Waals surface area (Å²) in [5, 5.41) is 26.4. The van der Waals surface area contributed by atoms with Gasteiger partial charge in [-0.15, -0.1) is 0 Å². The zero-order valence-corrected chi connectivity index (χ0v) is 22.3. The number of fused-ring (bicyclic) bond motifs is 5. The molecule has 8 heteroatoms. The molecular weight excluding hydrogens is 480 g/mol. The molecule has 0 bridgehead atoms. The van der Waals surface area contributed by atoms with E-state index in [1.165, 1.54) is 54.3 Å². The highest BCUT2D eigenvalue weighted by atomic mass is 16.5. The van der Waals surface area contributed by atoms with Crippen LogP contribution < -0.4 is 20.3 Å². The average molecular weight is 521 g/mol. The number of aromatic nitrogens is 1. The van der Waals surface area contributed by atoms with Gasteiger partial charge < -0.3 is 35.1 Å². The first-order valence-corrected chi connectivity index (χ1v) is 14.0. The molecule has 2 aromatic carbocycles. The standard InChI is InChI=1S/C30H40N4O4/c1-31-11-14-33-15-16-34-27-19-22(30(36)37)7-9-24(27)28(21-5-3-2-4-6-21)29(34)25-10-8-23(20-26(25)33)38-18-13-32-12-17-35/h7-10,19-21,31-32,35H,2-6,11-18H2,1H3,(H,36,37). The Kier molecular flexibility index (Phi) is 8.51. The van der Waals surface area contributed by atoms with Crippen molar-refractivity contribution in [1.29, 1.82) is 0 Å². The number of aromatic carboxylic acids is 1. The van der Waals surface area contributed by atoms with Gasteiger partial charge in [-0.2, -0.15) is 0 Å². The molecule has 0 radical (unpaired) electrons. The van der Waals surface area contributed by atoms with Crippen molar-refractivity contribution in [3.8, 4) is 17.0 Å². The Hall–Kier alpha value is -3.07. The second-order valence-electron chi connectivity index (χ2n) is 10.4. The van der Waals surface area contributed by atoms with Gasteiger partial charge in [-0.3, -0.25) is 0 Å². The van der Waals surface area contributed by atoms with Crippen LogP contribution in [0.2, 0.25) is 0 Å². The van der Waals surface area contributed by atoms with Gasteiger partial charge in [0.15, 0.2) is 0 Å². The molecule has 1 saturated carbocycles. The molecule has 204 valence electrons. The van der Waals surface area contributed by atoms with Gasteiger partial charge in [-0.05, 0) is 55.6 Å². The lowest BCUT2D eigenvalue weighted by atomic mass is 9.81. The first kappa shape index (κ1) is 26.5. The summed E-state index contributed by atoms with van der Waals surface area (Å²) in [4.78, 5) is 14.3. The maximum absolute atomic E-state index is 11.9. The summed E-state index contributed by atoms with van der Waals surface area (Å²) in [6, 6.07) is 12.1. The number of hydrogen-bond acceptors (Lipinski definition) is 6. The summed E-state index contributed by atoms with van der Waals surface area (Å²) in [6.07, 6.45) is 6.11. The molecule has 5 rings (SSSR count). The predicted molar refractivity (Wildman–Crippen MR) is 152 cm³/mol. The lowest BCUT2D eigenvalue weighted by molar-refractivity contribution is 0.0697. The molecule has 2 aliphatic rings. The number of carboxylic acids is 1. The molecule has 0 spiro atoms. The van der Waals surface area contributed by atoms with Gasteiger partial charge in [0.2, 0.25) is 0 Å². The number of carbonyl (C=O) groups is 1. The maximum Gasteiger partial charge on any atom is 0.335 e. The molecule has 3 aromatic rings. The fourth-order valence-electron chi connectivity index (χ4n) is 6.16. The lowest BCUT2D eigenvalue weighted by Gasteiger charge is -2.26. The Morgan fingerprint density at radius 1 is 1.05 bits per heavy atom. The van der Waals surface area contributed by atoms with Crippen LogP contribution in [0.5, 0.6) is 5.75 Å². The molecule has 2 heterocycles. The molecule has 1 aliphatic carbocycles. The van der Waals surface area contributed by atoms with Crippen LogP contribution in [0.4, 0.5) is 5.69 Å². The molecule has 0 amide bonds. The molecular formula is C30H40N4O4. The summed E-state index contributed by atoms with van der Waals surface area (Å²) in [5.74, 6) is 0.422. The highest BCUT2D eigenvalue weighted by Crippen LogP contribution is 2.48. The third-order valence-electron chi connectivity index (χ3n) is 7.99. The van der Waals surface area contributed by atoms with Crippen LogP contribution in [0.3, 0.4) is 0 Å². The van der Waals surface area contributed by atoms with E-state index in [9.17, 15) is 9.90 Å². The van der Waals surface area contributed by atoms with Crippen molar-refractivity contribution in [2.75, 3.05) is 57.9 Å². The zero-order valence-electron chi connectivity index (χ0n) is 22.3. The first-order valence-electron chi connectivity index (χ1n) is 14.0. The highest BCUT2D eigenvalue weighted by Gasteiger charge is 2.30. The lowest BCUT2D eigenvalue weighted by Crippen LogP contribution is -2.32. The second-order valence-corrected chi connectivity index (χ2v) is 10.4. The summed E-state index contributed by atoms with van der Waals surface area (Å²) >= 11 is 0. The topological polar surface area (TPSA) is 99.0 Å². The SMILES string of the molecule is CNCCN1CCn2c(c(C3CCCCC3)c3ccc(C(=O)O)cc32)-c2ccc(OCCNCCO)cc21. The van der Waals surface area contributed by atoms with Crippen LogP contribution in [0.1, 0.15) is 53.9 Å². The maximum atomic E-state index is 11.9. The third kappa shape index (κ3) is 5.39. The van der Waals surface area contributed by atoms with Gasteiger partial charge in [0.25, 0.3) is 0 Å². The van der Waals surface area contributed by atoms with Crippen LogP contribution in [0, 0.1) is 0 Å². The van der Waals surface area contributed by atoms with Gasteiger partial charge in [0.05, 0.1) is 17.9 Å². The van der Waals surface area contributed by atoms with E-state index < -0.39 is 5.97 Å². The fraction of sp³-hybridized carbons (Fsp3) is 0.500. The molecule has 4 N–H and O–H groups in total. The first-order chi connectivity index (χ1) is 18.6. The number of hydrogen-bond donors (Lipinski definition) is 4. The van der Waals surface area contributed by atoms with Gasteiger partial charge in [0, 0.05) is 67.5 Å². The predicted octanol–water partition coefficient (Wildman–Crippen LogP) is 4.05. The molecule has 1 aliphatic heterocycles. The van der Waals surface area contributed by atoms with E-state index in [4.69, 9.17) is 9.84 Å². The number of benzene rings is 2. The van der Waals surface area contributed by atoms with Crippen LogP contribution >= 0.6 is 0 Å². The minimum Gasteiger partial charge on any atom is -0.492 e. The Bertz CT molecular complexity index is 1260. The van der Waals surface area contributed by atoms with Crippen molar-refractivity contribution < 1.29 is 19.7 Å². The normalized spacial score (nSPS) is 15.8. The van der Waals surface area contributed by atoms with Crippen LogP contribution in [0.25, 0.3) is 22.2 Å². The van der Waals surface area contributed by atoms with Crippen molar-refractivity contribution in [1.82, 2.24) is 15.2 Å². The summed E-state index contributed by atoms with van der Waals surface area (Å²) in [7, 11) is 1.98. The number of carboxylic acid groups (broad SMARTS) is 1. The highest BCUT2D eigenvalue weighted by molar-refractivity contribution is 5.99. The summed E-state index contributed by atoms with van der Waals surface area (Å²) < 4.78 is 8.47. The fourth-order valence-corrected chi connectivity index (χ4v) is 6.16. The largest absolute Gasteiger partial charge is 0.492 e. The smallest absolute Gasteiger partial charge is 0.335 e. The molecule has 1 fully saturated rings. The monoisotopic (exact) mass is 520 g/mol. The molecule has 1 aromatic heterocycles. The van der Waals surface area contributed by atoms with E-state index in [2.05, 4.69) is 38.3 Å². The Morgan fingerprint density at radius 2 is 1.89 bits per heavy atom. The minimum atomic E-state index is -0.887. The summed E-state index contributed by atoms with van der Waals surface area (Å²) in [6.45, 7) is 5.23. The average Bonchev–Trinajstić information content (AvgIpc) is 3.17. The van der Waals surface area contributed by atoms with E-state index in [1.54, 1.807) is 6.07 Å². The van der Waals surface area contributed by atoms with Crippen molar-refractivity contribution in [2.24, 2.45) is 0 Å². The van der Waals surface area contributed by atoms with Gasteiger partial charge in [0.1, 0.15) is 12.4 Å². The number of aliphatic hydroxyl groups is 1. The Morgan fingerprint density at radius 3 is 2.66 bits per heavy atom. The van der Waals surface area contributed by atoms with E-state index in [0.717, 1.165) is 43.1 Å². The van der Waals surface area contributed by atoms with Crippen molar-refractivity contribution in [3.63, 3.8) is 0 Å². The number of rotatable bonds is 11. The third-order valence-corrected chi connectivity index (χ3v) is 7.99. The van der Waals surface area contributed by atoms with E-state index in [1.807, 2.05) is 19.2 Å². The number of nitrogens with zero attached hydrogens (tertiary/aromatic N) is 2. The van der Waals surface area contributed by atoms with E-state index in [-0.39, 0.29) is 6.61 Å². The molecule has 0 unspecified atom stereocenters. The van der Waals surface area contributed by atoms with Crippen molar-refractivity contribution >= 4 is 22.6 Å². The minimum absolute atomic E-state index is 0.116. The van der Waals surface area contributed by atoms with E-state index >= 15 is 0 Å². The molecule has 0 saturated heterocycles. The Balaban J connectivity index is 1.63. The van der Waals surface area contributed by atoms with Crippen LogP contribution in [-0.4, -0.2) is 73.7 Å². The van der Waals surface area contributed by atoms with Crippen molar-refractivity contribution in [3.05, 3.63) is 47.5 Å². The quantitative estimate of drug-likeness (QED) is 0.283. The second kappa shape index (κ2) is 12.2. The molecule has 38 heavy (non-hydrogen) atoms. The number of anilines is 1. The summed E-state index contributed by atoms with van der Waals surface area (Å²) in [5.41, 5.74) is 6.35. The van der Waals surface area contributed by atoms with Crippen LogP contribution in [0.15, 0.2) is 36.4 Å². The molecule has 0 atom stereocenters. The van der Waals surface area contributed by atoms with E-state index in [0.29, 0.717) is 31.2 Å². The number of likely N-dealkylation sites (N-methyl/N-ethyl adjacent to an activating group) is 1. The number of aliphatic hydroxyl groups excluding tert-OH is 1. The van der Waals surface area contributed by atoms with Crippen molar-refractivity contribution in [2.45, 2.75) is 44.6 Å². The number of ether oxygens (including phenoxy) is 1. The van der Waals surface area contributed by atoms with Gasteiger partial charge in [-0.1, -0.05) is 25.3 Å². The van der Waals surface area contributed by atoms with Crippen LogP contribution in [-0.2, 0) is 6.54 Å². The molecule has 8 nitrogen and oxygen atoms in total. The van der Waals surface area contributed by atoms with Gasteiger partial charge >= 0.3 is 5.97 Å². The van der Waals surface area contributed by atoms with Gasteiger partial charge in [-0.25, -0.2) is 4.79 Å². The Labute approximate surface area is 224 Å². The number of nitrogens with one attached hydrogen (secondary N) is 2. The zero-order chi connectivity index (χ0) is 26.5.